The van der Waals surface area contributed by atoms with E-state index in [0.717, 1.165) is 13.1 Å². The van der Waals surface area contributed by atoms with Crippen LogP contribution in [0.4, 0.5) is 16.2 Å². The highest BCUT2D eigenvalue weighted by molar-refractivity contribution is 5.89. The fourth-order valence-corrected chi connectivity index (χ4v) is 3.14. The van der Waals surface area contributed by atoms with E-state index in [0.29, 0.717) is 24.3 Å². The third-order valence-corrected chi connectivity index (χ3v) is 4.53. The molecule has 0 bridgehead atoms. The van der Waals surface area contributed by atoms with Gasteiger partial charge in [0.1, 0.15) is 0 Å². The SMILES string of the molecule is Cc1ccc(N2CCN(C(=O)Nc3ccc(C#N)cc3)CC2)c(C)c1. The summed E-state index contributed by atoms with van der Waals surface area (Å²) in [4.78, 5) is 16.6. The molecule has 1 aliphatic rings. The predicted molar refractivity (Wildman–Crippen MR) is 99.9 cm³/mol. The summed E-state index contributed by atoms with van der Waals surface area (Å²) in [6, 6.07) is 15.4. The second-order valence-corrected chi connectivity index (χ2v) is 6.38. The average molecular weight is 334 g/mol. The summed E-state index contributed by atoms with van der Waals surface area (Å²) >= 11 is 0. The Kier molecular flexibility index (Phi) is 4.90. The van der Waals surface area contributed by atoms with Gasteiger partial charge in [0.2, 0.25) is 0 Å². The maximum absolute atomic E-state index is 12.4. The molecule has 5 heteroatoms. The molecule has 2 amide bonds. The molecule has 2 aromatic rings. The molecule has 0 spiro atoms. The van der Waals surface area contributed by atoms with E-state index in [4.69, 9.17) is 5.26 Å². The summed E-state index contributed by atoms with van der Waals surface area (Å²) in [5.41, 5.74) is 5.08. The number of hydrogen-bond donors (Lipinski definition) is 1. The van der Waals surface area contributed by atoms with Gasteiger partial charge in [-0.25, -0.2) is 4.79 Å². The van der Waals surface area contributed by atoms with Crippen LogP contribution in [0, 0.1) is 25.2 Å². The Morgan fingerprint density at radius 3 is 2.32 bits per heavy atom. The Hall–Kier alpha value is -3.00. The van der Waals surface area contributed by atoms with E-state index < -0.39 is 0 Å². The molecule has 1 saturated heterocycles. The number of benzene rings is 2. The van der Waals surface area contributed by atoms with Gasteiger partial charge in [0.05, 0.1) is 11.6 Å². The predicted octanol–water partition coefficient (Wildman–Crippen LogP) is 3.53. The Balaban J connectivity index is 1.57. The van der Waals surface area contributed by atoms with Crippen LogP contribution in [0.15, 0.2) is 42.5 Å². The van der Waals surface area contributed by atoms with Crippen LogP contribution in [-0.2, 0) is 0 Å². The van der Waals surface area contributed by atoms with Gasteiger partial charge in [-0.1, -0.05) is 17.7 Å². The average Bonchev–Trinajstić information content (AvgIpc) is 2.62. The summed E-state index contributed by atoms with van der Waals surface area (Å²) in [6.45, 7) is 7.26. The lowest BCUT2D eigenvalue weighted by molar-refractivity contribution is 0.208. The summed E-state index contributed by atoms with van der Waals surface area (Å²) < 4.78 is 0. The number of carbonyl (C=O) groups excluding carboxylic acids is 1. The zero-order valence-electron chi connectivity index (χ0n) is 14.6. The standard InChI is InChI=1S/C20H22N4O/c1-15-3-8-19(16(2)13-15)23-9-11-24(12-10-23)20(25)22-18-6-4-17(14-21)5-7-18/h3-8,13H,9-12H2,1-2H3,(H,22,25). The molecule has 0 aromatic heterocycles. The zero-order valence-corrected chi connectivity index (χ0v) is 14.6. The molecular weight excluding hydrogens is 312 g/mol. The van der Waals surface area contributed by atoms with Crippen LogP contribution >= 0.6 is 0 Å². The largest absolute Gasteiger partial charge is 0.368 e. The minimum Gasteiger partial charge on any atom is -0.368 e. The topological polar surface area (TPSA) is 59.4 Å². The van der Waals surface area contributed by atoms with Crippen molar-refractivity contribution in [3.8, 4) is 6.07 Å². The van der Waals surface area contributed by atoms with Crippen LogP contribution < -0.4 is 10.2 Å². The summed E-state index contributed by atoms with van der Waals surface area (Å²) in [7, 11) is 0. The maximum Gasteiger partial charge on any atom is 0.321 e. The Morgan fingerprint density at radius 2 is 1.72 bits per heavy atom. The molecule has 1 N–H and O–H groups in total. The number of hydrogen-bond acceptors (Lipinski definition) is 3. The van der Waals surface area contributed by atoms with Crippen molar-refractivity contribution in [1.82, 2.24) is 4.90 Å². The van der Waals surface area contributed by atoms with Crippen LogP contribution in [0.2, 0.25) is 0 Å². The van der Waals surface area contributed by atoms with Crippen molar-refractivity contribution in [1.29, 1.82) is 5.26 Å². The number of amides is 2. The van der Waals surface area contributed by atoms with Crippen molar-refractivity contribution in [2.45, 2.75) is 13.8 Å². The van der Waals surface area contributed by atoms with Crippen molar-refractivity contribution < 1.29 is 4.79 Å². The lowest BCUT2D eigenvalue weighted by atomic mass is 10.1. The number of carbonyl (C=O) groups is 1. The van der Waals surface area contributed by atoms with E-state index in [9.17, 15) is 4.79 Å². The van der Waals surface area contributed by atoms with Crippen molar-refractivity contribution in [3.05, 3.63) is 59.2 Å². The van der Waals surface area contributed by atoms with Crippen molar-refractivity contribution in [2.24, 2.45) is 0 Å². The first-order valence-corrected chi connectivity index (χ1v) is 8.45. The Labute approximate surface area is 148 Å². The smallest absolute Gasteiger partial charge is 0.321 e. The fourth-order valence-electron chi connectivity index (χ4n) is 3.14. The third-order valence-electron chi connectivity index (χ3n) is 4.53. The number of piperazine rings is 1. The number of nitrogens with one attached hydrogen (secondary N) is 1. The number of nitriles is 1. The minimum absolute atomic E-state index is 0.0926. The molecule has 3 rings (SSSR count). The highest BCUT2D eigenvalue weighted by Crippen LogP contribution is 2.22. The monoisotopic (exact) mass is 334 g/mol. The Morgan fingerprint density at radius 1 is 1.04 bits per heavy atom. The molecule has 128 valence electrons. The molecule has 1 fully saturated rings. The highest BCUT2D eigenvalue weighted by Gasteiger charge is 2.22. The second kappa shape index (κ2) is 7.27. The first-order valence-electron chi connectivity index (χ1n) is 8.45. The molecule has 5 nitrogen and oxygen atoms in total. The zero-order chi connectivity index (χ0) is 17.8. The normalized spacial score (nSPS) is 14.1. The first-order chi connectivity index (χ1) is 12.1. The van der Waals surface area contributed by atoms with Gasteiger partial charge in [-0.15, -0.1) is 0 Å². The van der Waals surface area contributed by atoms with Crippen LogP contribution in [0.25, 0.3) is 0 Å². The van der Waals surface area contributed by atoms with Gasteiger partial charge in [0, 0.05) is 37.6 Å². The molecule has 25 heavy (non-hydrogen) atoms. The van der Waals surface area contributed by atoms with E-state index in [2.05, 4.69) is 48.3 Å². The molecule has 0 saturated carbocycles. The molecule has 0 unspecified atom stereocenters. The van der Waals surface area contributed by atoms with Crippen molar-refractivity contribution in [2.75, 3.05) is 36.4 Å². The lowest BCUT2D eigenvalue weighted by Gasteiger charge is -2.36. The highest BCUT2D eigenvalue weighted by atomic mass is 16.2. The van der Waals surface area contributed by atoms with Crippen LogP contribution in [0.1, 0.15) is 16.7 Å². The van der Waals surface area contributed by atoms with Crippen LogP contribution in [0.5, 0.6) is 0 Å². The molecule has 0 radical (unpaired) electrons. The minimum atomic E-state index is -0.0926. The maximum atomic E-state index is 12.4. The molecular formula is C20H22N4O. The number of anilines is 2. The van der Waals surface area contributed by atoms with Crippen molar-refractivity contribution in [3.63, 3.8) is 0 Å². The fraction of sp³-hybridized carbons (Fsp3) is 0.300. The quantitative estimate of drug-likeness (QED) is 0.914. The van der Waals surface area contributed by atoms with Gasteiger partial charge < -0.3 is 15.1 Å². The van der Waals surface area contributed by atoms with Gasteiger partial charge in [-0.3, -0.25) is 0 Å². The summed E-state index contributed by atoms with van der Waals surface area (Å²) in [5.74, 6) is 0. The second-order valence-electron chi connectivity index (χ2n) is 6.38. The molecule has 0 aliphatic carbocycles. The lowest BCUT2D eigenvalue weighted by Crippen LogP contribution is -2.50. The third kappa shape index (κ3) is 3.92. The molecule has 2 aromatic carbocycles. The first kappa shape index (κ1) is 16.8. The number of nitrogens with zero attached hydrogens (tertiary/aromatic N) is 3. The van der Waals surface area contributed by atoms with Crippen molar-refractivity contribution >= 4 is 17.4 Å². The van der Waals surface area contributed by atoms with E-state index >= 15 is 0 Å². The van der Waals surface area contributed by atoms with Gasteiger partial charge >= 0.3 is 6.03 Å². The van der Waals surface area contributed by atoms with Gasteiger partial charge in [0.15, 0.2) is 0 Å². The van der Waals surface area contributed by atoms with Gasteiger partial charge in [-0.05, 0) is 49.7 Å². The number of urea groups is 1. The van der Waals surface area contributed by atoms with E-state index in [1.165, 1.54) is 16.8 Å². The van der Waals surface area contributed by atoms with Gasteiger partial charge in [0.25, 0.3) is 0 Å². The molecule has 0 atom stereocenters. The summed E-state index contributed by atoms with van der Waals surface area (Å²) in [5, 5.41) is 11.7. The van der Waals surface area contributed by atoms with E-state index in [1.807, 2.05) is 4.90 Å². The molecule has 1 aliphatic heterocycles. The van der Waals surface area contributed by atoms with E-state index in [-0.39, 0.29) is 6.03 Å². The number of aryl methyl sites for hydroxylation is 2. The van der Waals surface area contributed by atoms with Crippen LogP contribution in [-0.4, -0.2) is 37.1 Å². The van der Waals surface area contributed by atoms with E-state index in [1.54, 1.807) is 24.3 Å². The number of rotatable bonds is 2. The molecule has 1 heterocycles. The van der Waals surface area contributed by atoms with Gasteiger partial charge in [-0.2, -0.15) is 5.26 Å². The Bertz CT molecular complexity index is 799. The summed E-state index contributed by atoms with van der Waals surface area (Å²) in [6.07, 6.45) is 0. The van der Waals surface area contributed by atoms with Crippen LogP contribution in [0.3, 0.4) is 0 Å².